The quantitative estimate of drug-likeness (QED) is 0.0831. The summed E-state index contributed by atoms with van der Waals surface area (Å²) in [6.45, 7) is 0. The van der Waals surface area contributed by atoms with Crippen LogP contribution in [0.2, 0.25) is 0 Å². The van der Waals surface area contributed by atoms with E-state index in [1.54, 1.807) is 48.7 Å². The molecule has 45 heavy (non-hydrogen) atoms. The van der Waals surface area contributed by atoms with Gasteiger partial charge in [-0.1, -0.05) is 91.0 Å². The van der Waals surface area contributed by atoms with Crippen molar-refractivity contribution in [3.05, 3.63) is 162 Å². The number of aromatic nitrogens is 1. The number of aromatic amines is 1. The first kappa shape index (κ1) is 29.4. The molecule has 0 atom stereocenters. The molecule has 0 aliphatic carbocycles. The highest BCUT2D eigenvalue weighted by atomic mass is 32.2. The Morgan fingerprint density at radius 3 is 2.04 bits per heavy atom. The average molecular weight is 608 g/mol. The highest BCUT2D eigenvalue weighted by Gasteiger charge is 2.16. The van der Waals surface area contributed by atoms with Crippen molar-refractivity contribution < 1.29 is 14.4 Å². The third-order valence-electron chi connectivity index (χ3n) is 7.25. The maximum atomic E-state index is 13.5. The topological polar surface area (TPSA) is 91.1 Å². The zero-order valence-corrected chi connectivity index (χ0v) is 25.0. The van der Waals surface area contributed by atoms with Crippen LogP contribution in [0.15, 0.2) is 150 Å². The molecule has 0 fully saturated rings. The number of amides is 2. The van der Waals surface area contributed by atoms with Crippen molar-refractivity contribution in [1.29, 1.82) is 0 Å². The van der Waals surface area contributed by atoms with Crippen LogP contribution in [0.3, 0.4) is 0 Å². The second-order valence-electron chi connectivity index (χ2n) is 10.3. The number of benzene rings is 5. The van der Waals surface area contributed by atoms with Crippen molar-refractivity contribution in [2.75, 3.05) is 11.1 Å². The number of para-hydroxylation sites is 1. The Hall–Kier alpha value is -5.66. The number of thioether (sulfide) groups is 1. The van der Waals surface area contributed by atoms with Crippen LogP contribution in [-0.2, 0) is 4.79 Å². The molecule has 0 bridgehead atoms. The second-order valence-corrected chi connectivity index (χ2v) is 11.4. The number of carbonyl (C=O) groups is 3. The van der Waals surface area contributed by atoms with E-state index in [1.807, 2.05) is 97.1 Å². The Balaban J connectivity index is 1.12. The van der Waals surface area contributed by atoms with Gasteiger partial charge in [-0.05, 0) is 59.7 Å². The Kier molecular flexibility index (Phi) is 8.99. The minimum absolute atomic E-state index is 0.0400. The monoisotopic (exact) mass is 607 g/mol. The van der Waals surface area contributed by atoms with Crippen LogP contribution < -0.4 is 10.6 Å². The number of hydrogen-bond acceptors (Lipinski definition) is 4. The average Bonchev–Trinajstić information content (AvgIpc) is 3.51. The van der Waals surface area contributed by atoms with Gasteiger partial charge in [-0.3, -0.25) is 14.4 Å². The lowest BCUT2D eigenvalue weighted by molar-refractivity contribution is -0.113. The molecule has 1 aromatic heterocycles. The molecule has 0 saturated heterocycles. The van der Waals surface area contributed by atoms with E-state index in [-0.39, 0.29) is 17.4 Å². The van der Waals surface area contributed by atoms with Gasteiger partial charge in [0.25, 0.3) is 11.8 Å². The minimum atomic E-state index is -0.459. The SMILES string of the molecule is O=C(Nc1ccc(SCC(=O)c2ccc(-c3ccccc3)cc2)cc1)/C(=C/c1c[nH]c2ccccc12)NC(=O)c1ccccc1. The normalized spacial score (nSPS) is 11.2. The van der Waals surface area contributed by atoms with E-state index in [9.17, 15) is 14.4 Å². The molecule has 1 heterocycles. The lowest BCUT2D eigenvalue weighted by Gasteiger charge is -2.12. The summed E-state index contributed by atoms with van der Waals surface area (Å²) in [5, 5.41) is 6.60. The Labute approximate surface area is 265 Å². The highest BCUT2D eigenvalue weighted by Crippen LogP contribution is 2.24. The van der Waals surface area contributed by atoms with E-state index in [2.05, 4.69) is 15.6 Å². The molecule has 7 heteroatoms. The van der Waals surface area contributed by atoms with Crippen molar-refractivity contribution >= 4 is 52.0 Å². The fourth-order valence-corrected chi connectivity index (χ4v) is 5.65. The summed E-state index contributed by atoms with van der Waals surface area (Å²) < 4.78 is 0. The number of anilines is 1. The maximum absolute atomic E-state index is 13.5. The first-order valence-electron chi connectivity index (χ1n) is 14.4. The molecule has 2 amide bonds. The van der Waals surface area contributed by atoms with E-state index in [1.165, 1.54) is 11.8 Å². The number of ketones is 1. The molecule has 5 aromatic carbocycles. The lowest BCUT2D eigenvalue weighted by atomic mass is 10.0. The Morgan fingerprint density at radius 2 is 1.31 bits per heavy atom. The molecule has 0 aliphatic heterocycles. The van der Waals surface area contributed by atoms with Gasteiger partial charge in [-0.2, -0.15) is 0 Å². The number of carbonyl (C=O) groups excluding carboxylic acids is 3. The van der Waals surface area contributed by atoms with Crippen LogP contribution >= 0.6 is 11.8 Å². The van der Waals surface area contributed by atoms with Gasteiger partial charge in [0, 0.05) is 44.4 Å². The molecule has 0 aliphatic rings. The van der Waals surface area contributed by atoms with Gasteiger partial charge >= 0.3 is 0 Å². The predicted octanol–water partition coefficient (Wildman–Crippen LogP) is 8.22. The van der Waals surface area contributed by atoms with Crippen LogP contribution in [0.25, 0.3) is 28.1 Å². The standard InChI is InChI=1S/C38H29N3O3S/c42-36(28-17-15-27(16-18-28)26-9-3-1-4-10-26)25-45-32-21-19-31(20-22-32)40-38(44)35(41-37(43)29-11-5-2-6-12-29)23-30-24-39-34-14-8-7-13-33(30)34/h1-24,39H,25H2,(H,40,44)(H,41,43)/b35-23-. The number of H-pyrrole nitrogens is 1. The molecule has 0 unspecified atom stereocenters. The van der Waals surface area contributed by atoms with Crippen molar-refractivity contribution in [3.8, 4) is 11.1 Å². The number of rotatable bonds is 10. The van der Waals surface area contributed by atoms with Crippen LogP contribution in [0.5, 0.6) is 0 Å². The number of Topliss-reactive ketones (excluding diaryl/α,β-unsaturated/α-hetero) is 1. The fraction of sp³-hybridized carbons (Fsp3) is 0.0263. The number of fused-ring (bicyclic) bond motifs is 1. The Morgan fingerprint density at radius 1 is 0.667 bits per heavy atom. The van der Waals surface area contributed by atoms with Gasteiger partial charge in [-0.15, -0.1) is 11.8 Å². The van der Waals surface area contributed by atoms with E-state index in [0.717, 1.165) is 32.5 Å². The molecule has 0 radical (unpaired) electrons. The van der Waals surface area contributed by atoms with Crippen molar-refractivity contribution in [3.63, 3.8) is 0 Å². The summed E-state index contributed by atoms with van der Waals surface area (Å²) in [4.78, 5) is 43.4. The van der Waals surface area contributed by atoms with Gasteiger partial charge in [0.05, 0.1) is 5.75 Å². The van der Waals surface area contributed by atoms with E-state index in [4.69, 9.17) is 0 Å². The van der Waals surface area contributed by atoms with Gasteiger partial charge < -0.3 is 15.6 Å². The van der Waals surface area contributed by atoms with Crippen LogP contribution in [0.4, 0.5) is 5.69 Å². The number of hydrogen-bond donors (Lipinski definition) is 3. The lowest BCUT2D eigenvalue weighted by Crippen LogP contribution is -2.30. The predicted molar refractivity (Wildman–Crippen MR) is 182 cm³/mol. The molecule has 220 valence electrons. The van der Waals surface area contributed by atoms with Crippen LogP contribution in [0, 0.1) is 0 Å². The van der Waals surface area contributed by atoms with E-state index in [0.29, 0.717) is 22.6 Å². The minimum Gasteiger partial charge on any atom is -0.361 e. The van der Waals surface area contributed by atoms with Crippen LogP contribution in [-0.4, -0.2) is 28.3 Å². The second kappa shape index (κ2) is 13.8. The van der Waals surface area contributed by atoms with Crippen LogP contribution in [0.1, 0.15) is 26.3 Å². The highest BCUT2D eigenvalue weighted by molar-refractivity contribution is 8.00. The first-order chi connectivity index (χ1) is 22.0. The molecule has 6 aromatic rings. The van der Waals surface area contributed by atoms with Crippen molar-refractivity contribution in [2.45, 2.75) is 4.90 Å². The maximum Gasteiger partial charge on any atom is 0.272 e. The van der Waals surface area contributed by atoms with Gasteiger partial charge in [0.1, 0.15) is 5.70 Å². The van der Waals surface area contributed by atoms with Crippen molar-refractivity contribution in [1.82, 2.24) is 10.3 Å². The smallest absolute Gasteiger partial charge is 0.272 e. The van der Waals surface area contributed by atoms with E-state index >= 15 is 0 Å². The Bertz CT molecular complexity index is 1980. The van der Waals surface area contributed by atoms with Gasteiger partial charge in [-0.25, -0.2) is 0 Å². The molecule has 0 spiro atoms. The number of nitrogens with one attached hydrogen (secondary N) is 3. The zero-order chi connectivity index (χ0) is 31.0. The van der Waals surface area contributed by atoms with Crippen molar-refractivity contribution in [2.24, 2.45) is 0 Å². The first-order valence-corrected chi connectivity index (χ1v) is 15.4. The summed E-state index contributed by atoms with van der Waals surface area (Å²) in [5.41, 5.74) is 5.65. The molecule has 6 rings (SSSR count). The van der Waals surface area contributed by atoms with Gasteiger partial charge in [0.2, 0.25) is 0 Å². The van der Waals surface area contributed by atoms with E-state index < -0.39 is 5.91 Å². The third-order valence-corrected chi connectivity index (χ3v) is 8.26. The molecular weight excluding hydrogens is 579 g/mol. The largest absolute Gasteiger partial charge is 0.361 e. The summed E-state index contributed by atoms with van der Waals surface area (Å²) in [5.74, 6) is -0.514. The summed E-state index contributed by atoms with van der Waals surface area (Å²) in [6, 6.07) is 41.5. The summed E-state index contributed by atoms with van der Waals surface area (Å²) in [7, 11) is 0. The molecular formula is C38H29N3O3S. The van der Waals surface area contributed by atoms with Gasteiger partial charge in [0.15, 0.2) is 5.78 Å². The zero-order valence-electron chi connectivity index (χ0n) is 24.2. The molecule has 0 saturated carbocycles. The molecule has 6 nitrogen and oxygen atoms in total. The fourth-order valence-electron chi connectivity index (χ4n) is 4.86. The molecule has 3 N–H and O–H groups in total. The summed E-state index contributed by atoms with van der Waals surface area (Å²) >= 11 is 1.43. The summed E-state index contributed by atoms with van der Waals surface area (Å²) in [6.07, 6.45) is 3.47. The third kappa shape index (κ3) is 7.29.